The van der Waals surface area contributed by atoms with Gasteiger partial charge in [0, 0.05) is 12.0 Å². The third-order valence-corrected chi connectivity index (χ3v) is 8.61. The summed E-state index contributed by atoms with van der Waals surface area (Å²) in [4.78, 5) is 33.2. The van der Waals surface area contributed by atoms with Gasteiger partial charge in [-0.2, -0.15) is 0 Å². The summed E-state index contributed by atoms with van der Waals surface area (Å²) < 4.78 is 17.5. The molecule has 1 aromatic heterocycles. The number of thiazole rings is 1. The van der Waals surface area contributed by atoms with Gasteiger partial charge in [-0.05, 0) is 82.5 Å². The fourth-order valence-electron chi connectivity index (χ4n) is 5.10. The number of ether oxygens (including phenoxy) is 3. The van der Waals surface area contributed by atoms with Crippen molar-refractivity contribution in [1.29, 1.82) is 0 Å². The van der Waals surface area contributed by atoms with Crippen LogP contribution in [0.15, 0.2) is 58.6 Å². The third-order valence-electron chi connectivity index (χ3n) is 6.99. The number of hydrogen-bond donors (Lipinski definition) is 2. The van der Waals surface area contributed by atoms with E-state index in [0.717, 1.165) is 16.0 Å². The van der Waals surface area contributed by atoms with Gasteiger partial charge in [0.1, 0.15) is 23.4 Å². The van der Waals surface area contributed by atoms with Gasteiger partial charge in [0.05, 0.1) is 40.5 Å². The van der Waals surface area contributed by atoms with E-state index in [1.807, 2.05) is 6.92 Å². The number of anilines is 1. The number of ketones is 1. The van der Waals surface area contributed by atoms with Gasteiger partial charge in [-0.25, -0.2) is 4.98 Å². The molecule has 2 N–H and O–H groups in total. The van der Waals surface area contributed by atoms with Crippen LogP contribution in [-0.2, 0) is 16.0 Å². The quantitative estimate of drug-likeness (QED) is 0.164. The van der Waals surface area contributed by atoms with Crippen molar-refractivity contribution in [2.75, 3.05) is 19.1 Å². The van der Waals surface area contributed by atoms with Crippen molar-refractivity contribution in [1.82, 2.24) is 4.98 Å². The first-order chi connectivity index (χ1) is 19.2. The molecular weight excluding hydrogens is 600 g/mol. The number of methoxy groups -OCH3 is 2. The number of aliphatic hydroxyl groups excluding tert-OH is 1. The number of carbonyl (C=O) groups excluding carboxylic acids is 2. The molecule has 3 aromatic carbocycles. The number of halogens is 1. The normalized spacial score (nSPS) is 19.6. The molecule has 2 aliphatic heterocycles. The van der Waals surface area contributed by atoms with Gasteiger partial charge >= 0.3 is 5.91 Å². The Hall–Kier alpha value is -4.09. The van der Waals surface area contributed by atoms with E-state index >= 15 is 0 Å². The molecular formula is C29H23BrN2O7S. The van der Waals surface area contributed by atoms with Crippen molar-refractivity contribution in [3.8, 4) is 23.0 Å². The number of aliphatic hydroxyl groups is 1. The minimum atomic E-state index is -1.06. The molecule has 0 radical (unpaired) electrons. The molecule has 1 amide bonds. The summed E-state index contributed by atoms with van der Waals surface area (Å²) in [6.07, 6.45) is 0.656. The molecule has 40 heavy (non-hydrogen) atoms. The Morgan fingerprint density at radius 1 is 1.12 bits per heavy atom. The number of fused-ring (bicyclic) bond motifs is 2. The topological polar surface area (TPSA) is 118 Å². The highest BCUT2D eigenvalue weighted by Crippen LogP contribution is 2.47. The predicted octanol–water partition coefficient (Wildman–Crippen LogP) is 5.73. The molecule has 1 saturated heterocycles. The Labute approximate surface area is 241 Å². The predicted molar refractivity (Wildman–Crippen MR) is 154 cm³/mol. The summed E-state index contributed by atoms with van der Waals surface area (Å²) in [6, 6.07) is 12.6. The molecule has 204 valence electrons. The van der Waals surface area contributed by atoms with E-state index in [0.29, 0.717) is 33.3 Å². The summed E-state index contributed by atoms with van der Waals surface area (Å²) in [5, 5.41) is 22.3. The highest BCUT2D eigenvalue weighted by molar-refractivity contribution is 9.10. The second-order valence-corrected chi connectivity index (χ2v) is 11.4. The van der Waals surface area contributed by atoms with E-state index in [1.54, 1.807) is 49.6 Å². The van der Waals surface area contributed by atoms with Gasteiger partial charge in [0.15, 0.2) is 16.6 Å². The Bertz CT molecular complexity index is 1750. The first kappa shape index (κ1) is 26.1. The molecule has 0 unspecified atom stereocenters. The van der Waals surface area contributed by atoms with Crippen molar-refractivity contribution >= 4 is 60.1 Å². The van der Waals surface area contributed by atoms with E-state index in [1.165, 1.54) is 29.4 Å². The van der Waals surface area contributed by atoms with Crippen LogP contribution >= 0.6 is 27.3 Å². The van der Waals surface area contributed by atoms with Crippen LogP contribution in [0.3, 0.4) is 0 Å². The number of rotatable bonds is 5. The Morgan fingerprint density at radius 3 is 2.67 bits per heavy atom. The number of Topliss-reactive ketones (excluding diaryl/α,β-unsaturated/α-hetero) is 1. The summed E-state index contributed by atoms with van der Waals surface area (Å²) >= 11 is 4.56. The molecule has 2 atom stereocenters. The average Bonchev–Trinajstić information content (AvgIpc) is 3.61. The van der Waals surface area contributed by atoms with E-state index in [-0.39, 0.29) is 34.1 Å². The minimum absolute atomic E-state index is 0.00236. The van der Waals surface area contributed by atoms with Crippen LogP contribution in [0.4, 0.5) is 5.13 Å². The van der Waals surface area contributed by atoms with Gasteiger partial charge in [-0.1, -0.05) is 11.3 Å². The second kappa shape index (κ2) is 9.83. The standard InChI is InChI=1S/C29H23BrN2O7S/c1-13-8-15-9-14(4-7-20(15)39-13)25(33)23-24(16-10-18(30)26(34)21(11-16)38-3)32(28(36)27(23)35)29-31-19-6-5-17(37-2)12-22(19)40-29/h4-7,9-13,24,33-34H,8H2,1-3H3/b25-23+/t13-,24+/m1/s1. The molecule has 3 heterocycles. The van der Waals surface area contributed by atoms with Gasteiger partial charge < -0.3 is 24.4 Å². The number of aromatic hydroxyl groups is 1. The molecule has 0 spiro atoms. The fraction of sp³-hybridized carbons (Fsp3) is 0.207. The molecule has 9 nitrogen and oxygen atoms in total. The lowest BCUT2D eigenvalue weighted by Crippen LogP contribution is -2.29. The monoisotopic (exact) mass is 622 g/mol. The van der Waals surface area contributed by atoms with E-state index in [9.17, 15) is 19.8 Å². The van der Waals surface area contributed by atoms with Crippen LogP contribution < -0.4 is 19.1 Å². The number of phenols is 1. The van der Waals surface area contributed by atoms with Crippen molar-refractivity contribution in [2.24, 2.45) is 0 Å². The molecule has 1 fully saturated rings. The zero-order chi connectivity index (χ0) is 28.3. The number of nitrogens with zero attached hydrogens (tertiary/aromatic N) is 2. The number of aromatic nitrogens is 1. The first-order valence-electron chi connectivity index (χ1n) is 12.3. The Kier molecular flexibility index (Phi) is 6.42. The molecule has 11 heteroatoms. The van der Waals surface area contributed by atoms with E-state index in [4.69, 9.17) is 14.2 Å². The van der Waals surface area contributed by atoms with Crippen molar-refractivity contribution < 1.29 is 34.0 Å². The molecule has 4 aromatic rings. The van der Waals surface area contributed by atoms with Crippen molar-refractivity contribution in [3.63, 3.8) is 0 Å². The lowest BCUT2D eigenvalue weighted by molar-refractivity contribution is -0.132. The average molecular weight is 623 g/mol. The highest BCUT2D eigenvalue weighted by atomic mass is 79.9. The van der Waals surface area contributed by atoms with Gasteiger partial charge in [0.2, 0.25) is 0 Å². The van der Waals surface area contributed by atoms with E-state index in [2.05, 4.69) is 20.9 Å². The lowest BCUT2D eigenvalue weighted by Gasteiger charge is -2.24. The van der Waals surface area contributed by atoms with Crippen LogP contribution in [0.2, 0.25) is 0 Å². The zero-order valence-corrected chi connectivity index (χ0v) is 24.0. The van der Waals surface area contributed by atoms with Crippen LogP contribution in [0.5, 0.6) is 23.0 Å². The molecule has 2 aliphatic rings. The number of carbonyl (C=O) groups is 2. The zero-order valence-electron chi connectivity index (χ0n) is 21.6. The van der Waals surface area contributed by atoms with Gasteiger partial charge in [0.25, 0.3) is 5.78 Å². The number of hydrogen-bond acceptors (Lipinski definition) is 9. The van der Waals surface area contributed by atoms with Crippen LogP contribution in [0.25, 0.3) is 16.0 Å². The Morgan fingerprint density at radius 2 is 1.93 bits per heavy atom. The van der Waals surface area contributed by atoms with Crippen LogP contribution in [0, 0.1) is 0 Å². The molecule has 0 saturated carbocycles. The fourth-order valence-corrected chi connectivity index (χ4v) is 6.58. The van der Waals surface area contributed by atoms with Crippen molar-refractivity contribution in [3.05, 3.63) is 75.3 Å². The van der Waals surface area contributed by atoms with Gasteiger partial charge in [-0.15, -0.1) is 0 Å². The largest absolute Gasteiger partial charge is 0.507 e. The highest BCUT2D eigenvalue weighted by Gasteiger charge is 2.48. The maximum atomic E-state index is 13.6. The Balaban J connectivity index is 1.57. The van der Waals surface area contributed by atoms with Crippen LogP contribution in [-0.4, -0.2) is 47.2 Å². The van der Waals surface area contributed by atoms with Crippen LogP contribution in [0.1, 0.15) is 29.7 Å². The number of amides is 1. The lowest BCUT2D eigenvalue weighted by atomic mass is 9.94. The minimum Gasteiger partial charge on any atom is -0.507 e. The summed E-state index contributed by atoms with van der Waals surface area (Å²) in [5.74, 6) is -0.664. The van der Waals surface area contributed by atoms with E-state index < -0.39 is 17.7 Å². The third kappa shape index (κ3) is 4.16. The summed E-state index contributed by atoms with van der Waals surface area (Å²) in [7, 11) is 2.96. The summed E-state index contributed by atoms with van der Waals surface area (Å²) in [6.45, 7) is 1.95. The molecule has 0 aliphatic carbocycles. The molecule has 6 rings (SSSR count). The number of phenolic OH excluding ortho intramolecular Hbond substituents is 1. The smallest absolute Gasteiger partial charge is 0.301 e. The van der Waals surface area contributed by atoms with Crippen molar-refractivity contribution in [2.45, 2.75) is 25.5 Å². The first-order valence-corrected chi connectivity index (χ1v) is 13.9. The summed E-state index contributed by atoms with van der Waals surface area (Å²) in [5.41, 5.74) is 2.24. The van der Waals surface area contributed by atoms with Gasteiger partial charge in [-0.3, -0.25) is 14.5 Å². The number of benzene rings is 3. The second-order valence-electron chi connectivity index (χ2n) is 9.51. The maximum absolute atomic E-state index is 13.6. The maximum Gasteiger partial charge on any atom is 0.301 e. The molecule has 0 bridgehead atoms. The SMILES string of the molecule is COc1ccc2nc(N3C(=O)C(=O)/C(=C(/O)c4ccc5c(c4)C[C@@H](C)O5)[C@@H]3c3cc(Br)c(O)c(OC)c3)sc2c1.